The third-order valence-corrected chi connectivity index (χ3v) is 5.08. The SMILES string of the molecule is CCC(Oc1ccc2c(c1)CCCC2)C(=O)Nc1ccccc1Br. The van der Waals surface area contributed by atoms with Gasteiger partial charge in [-0.3, -0.25) is 4.79 Å². The Hall–Kier alpha value is -1.81. The second-order valence-electron chi connectivity index (χ2n) is 6.12. The van der Waals surface area contributed by atoms with E-state index in [9.17, 15) is 4.79 Å². The van der Waals surface area contributed by atoms with E-state index in [0.29, 0.717) is 6.42 Å². The first-order valence-electron chi connectivity index (χ1n) is 8.51. The van der Waals surface area contributed by atoms with Crippen molar-refractivity contribution in [1.29, 1.82) is 0 Å². The maximum atomic E-state index is 12.5. The van der Waals surface area contributed by atoms with Crippen LogP contribution in [-0.2, 0) is 17.6 Å². The van der Waals surface area contributed by atoms with Crippen molar-refractivity contribution in [3.05, 3.63) is 58.1 Å². The molecule has 0 fully saturated rings. The molecule has 1 aliphatic carbocycles. The maximum absolute atomic E-state index is 12.5. The zero-order valence-corrected chi connectivity index (χ0v) is 15.4. The van der Waals surface area contributed by atoms with Crippen molar-refractivity contribution in [1.82, 2.24) is 0 Å². The number of ether oxygens (including phenoxy) is 1. The molecule has 0 aliphatic heterocycles. The first-order valence-corrected chi connectivity index (χ1v) is 9.30. The Kier molecular flexibility index (Phi) is 5.56. The largest absolute Gasteiger partial charge is 0.481 e. The van der Waals surface area contributed by atoms with Crippen molar-refractivity contribution in [3.8, 4) is 5.75 Å². The van der Waals surface area contributed by atoms with Crippen molar-refractivity contribution in [2.45, 2.75) is 45.1 Å². The molecule has 0 saturated carbocycles. The van der Waals surface area contributed by atoms with Crippen LogP contribution in [0.2, 0.25) is 0 Å². The summed E-state index contributed by atoms with van der Waals surface area (Å²) < 4.78 is 6.84. The fraction of sp³-hybridized carbons (Fsp3) is 0.350. The molecule has 126 valence electrons. The van der Waals surface area contributed by atoms with Crippen LogP contribution in [0.5, 0.6) is 5.75 Å². The molecule has 0 aromatic heterocycles. The summed E-state index contributed by atoms with van der Waals surface area (Å²) >= 11 is 3.45. The van der Waals surface area contributed by atoms with Crippen LogP contribution >= 0.6 is 15.9 Å². The monoisotopic (exact) mass is 387 g/mol. The summed E-state index contributed by atoms with van der Waals surface area (Å²) in [5, 5.41) is 2.93. The van der Waals surface area contributed by atoms with E-state index < -0.39 is 6.10 Å². The molecule has 0 saturated heterocycles. The van der Waals surface area contributed by atoms with Gasteiger partial charge in [0.2, 0.25) is 0 Å². The average Bonchev–Trinajstić information content (AvgIpc) is 2.61. The Labute approximate surface area is 151 Å². The highest BCUT2D eigenvalue weighted by molar-refractivity contribution is 9.10. The lowest BCUT2D eigenvalue weighted by Gasteiger charge is -2.20. The Morgan fingerprint density at radius 2 is 1.92 bits per heavy atom. The van der Waals surface area contributed by atoms with E-state index >= 15 is 0 Å². The lowest BCUT2D eigenvalue weighted by Crippen LogP contribution is -2.32. The normalized spacial score (nSPS) is 14.6. The van der Waals surface area contributed by atoms with Crippen molar-refractivity contribution in [2.24, 2.45) is 0 Å². The van der Waals surface area contributed by atoms with Gasteiger partial charge in [0.15, 0.2) is 6.10 Å². The van der Waals surface area contributed by atoms with E-state index in [0.717, 1.165) is 28.8 Å². The summed E-state index contributed by atoms with van der Waals surface area (Å²) in [5.74, 6) is 0.659. The van der Waals surface area contributed by atoms with Gasteiger partial charge in [0.05, 0.1) is 5.69 Å². The van der Waals surface area contributed by atoms with Crippen molar-refractivity contribution >= 4 is 27.5 Å². The molecule has 0 heterocycles. The van der Waals surface area contributed by atoms with E-state index in [-0.39, 0.29) is 5.91 Å². The molecular formula is C20H22BrNO2. The molecule has 1 atom stereocenters. The second-order valence-corrected chi connectivity index (χ2v) is 6.98. The topological polar surface area (TPSA) is 38.3 Å². The predicted molar refractivity (Wildman–Crippen MR) is 101 cm³/mol. The van der Waals surface area contributed by atoms with Gasteiger partial charge in [0, 0.05) is 4.47 Å². The van der Waals surface area contributed by atoms with Gasteiger partial charge in [-0.1, -0.05) is 25.1 Å². The maximum Gasteiger partial charge on any atom is 0.265 e. The number of amides is 1. The Morgan fingerprint density at radius 1 is 1.17 bits per heavy atom. The third-order valence-electron chi connectivity index (χ3n) is 4.39. The molecule has 1 unspecified atom stereocenters. The van der Waals surface area contributed by atoms with Crippen LogP contribution in [0, 0.1) is 0 Å². The molecular weight excluding hydrogens is 366 g/mol. The van der Waals surface area contributed by atoms with Gasteiger partial charge in [-0.2, -0.15) is 0 Å². The fourth-order valence-electron chi connectivity index (χ4n) is 3.05. The molecule has 24 heavy (non-hydrogen) atoms. The smallest absolute Gasteiger partial charge is 0.265 e. The number of anilines is 1. The summed E-state index contributed by atoms with van der Waals surface area (Å²) in [5.41, 5.74) is 3.54. The van der Waals surface area contributed by atoms with Crippen molar-refractivity contribution in [2.75, 3.05) is 5.32 Å². The summed E-state index contributed by atoms with van der Waals surface area (Å²) in [6, 6.07) is 13.8. The fourth-order valence-corrected chi connectivity index (χ4v) is 3.43. The second kappa shape index (κ2) is 7.84. The highest BCUT2D eigenvalue weighted by atomic mass is 79.9. The van der Waals surface area contributed by atoms with E-state index in [1.807, 2.05) is 37.3 Å². The summed E-state index contributed by atoms with van der Waals surface area (Å²) in [6.07, 6.45) is 4.86. The quantitative estimate of drug-likeness (QED) is 0.772. The number of hydrogen-bond acceptors (Lipinski definition) is 2. The third kappa shape index (κ3) is 3.99. The molecule has 4 heteroatoms. The number of rotatable bonds is 5. The molecule has 0 spiro atoms. The minimum atomic E-state index is -0.501. The summed E-state index contributed by atoms with van der Waals surface area (Å²) in [6.45, 7) is 1.96. The van der Waals surface area contributed by atoms with E-state index in [1.54, 1.807) is 0 Å². The van der Waals surface area contributed by atoms with Gasteiger partial charge in [0.1, 0.15) is 5.75 Å². The van der Waals surface area contributed by atoms with Gasteiger partial charge < -0.3 is 10.1 Å². The highest BCUT2D eigenvalue weighted by Gasteiger charge is 2.20. The van der Waals surface area contributed by atoms with Crippen molar-refractivity contribution < 1.29 is 9.53 Å². The zero-order chi connectivity index (χ0) is 16.9. The van der Waals surface area contributed by atoms with Gasteiger partial charge in [0.25, 0.3) is 5.91 Å². The standard InChI is InChI=1S/C20H22BrNO2/c1-2-19(20(23)22-18-10-6-5-9-17(18)21)24-16-12-11-14-7-3-4-8-15(14)13-16/h5-6,9-13,19H,2-4,7-8H2,1H3,(H,22,23). The first-order chi connectivity index (χ1) is 11.7. The van der Waals surface area contributed by atoms with Gasteiger partial charge in [-0.15, -0.1) is 0 Å². The van der Waals surface area contributed by atoms with Crippen LogP contribution in [0.3, 0.4) is 0 Å². The van der Waals surface area contributed by atoms with Crippen molar-refractivity contribution in [3.63, 3.8) is 0 Å². The number of carbonyl (C=O) groups is 1. The highest BCUT2D eigenvalue weighted by Crippen LogP contribution is 2.27. The number of hydrogen-bond donors (Lipinski definition) is 1. The zero-order valence-electron chi connectivity index (χ0n) is 13.8. The number of benzene rings is 2. The molecule has 1 N–H and O–H groups in total. The Morgan fingerprint density at radius 3 is 2.67 bits per heavy atom. The van der Waals surface area contributed by atoms with Crippen LogP contribution in [0.15, 0.2) is 46.9 Å². The number of carbonyl (C=O) groups excluding carboxylic acids is 1. The summed E-state index contributed by atoms with van der Waals surface area (Å²) in [7, 11) is 0. The molecule has 0 radical (unpaired) electrons. The number of aryl methyl sites for hydroxylation is 2. The number of nitrogens with one attached hydrogen (secondary N) is 1. The molecule has 2 aromatic rings. The molecule has 0 bridgehead atoms. The molecule has 1 amide bonds. The Balaban J connectivity index is 1.70. The van der Waals surface area contributed by atoms with E-state index in [4.69, 9.17) is 4.74 Å². The minimum Gasteiger partial charge on any atom is -0.481 e. The lowest BCUT2D eigenvalue weighted by atomic mass is 9.92. The average molecular weight is 388 g/mol. The van der Waals surface area contributed by atoms with E-state index in [2.05, 4.69) is 33.4 Å². The van der Waals surface area contributed by atoms with Gasteiger partial charge in [-0.05, 0) is 83.4 Å². The van der Waals surface area contributed by atoms with Crippen LogP contribution in [0.4, 0.5) is 5.69 Å². The van der Waals surface area contributed by atoms with Crippen LogP contribution in [0.25, 0.3) is 0 Å². The van der Waals surface area contributed by atoms with Crippen LogP contribution in [-0.4, -0.2) is 12.0 Å². The summed E-state index contributed by atoms with van der Waals surface area (Å²) in [4.78, 5) is 12.5. The molecule has 2 aromatic carbocycles. The van der Waals surface area contributed by atoms with Gasteiger partial charge >= 0.3 is 0 Å². The molecule has 3 nitrogen and oxygen atoms in total. The molecule has 1 aliphatic rings. The number of fused-ring (bicyclic) bond motifs is 1. The Bertz CT molecular complexity index is 729. The van der Waals surface area contributed by atoms with Gasteiger partial charge in [-0.25, -0.2) is 0 Å². The van der Waals surface area contributed by atoms with E-state index in [1.165, 1.54) is 24.0 Å². The molecule has 3 rings (SSSR count). The minimum absolute atomic E-state index is 0.123. The van der Waals surface area contributed by atoms with Crippen LogP contribution in [0.1, 0.15) is 37.3 Å². The predicted octanol–water partition coefficient (Wildman–Crippen LogP) is 5.12. The lowest BCUT2D eigenvalue weighted by molar-refractivity contribution is -0.122. The number of halogens is 1. The van der Waals surface area contributed by atoms with Crippen LogP contribution < -0.4 is 10.1 Å². The number of para-hydroxylation sites is 1. The first kappa shape index (κ1) is 17.0.